The van der Waals surface area contributed by atoms with Crippen molar-refractivity contribution in [2.24, 2.45) is 5.41 Å². The average Bonchev–Trinajstić information content (AvgIpc) is 2.92. The van der Waals surface area contributed by atoms with Gasteiger partial charge < -0.3 is 20.1 Å². The molecule has 0 bridgehead atoms. The van der Waals surface area contributed by atoms with Gasteiger partial charge >= 0.3 is 5.97 Å². The Labute approximate surface area is 249 Å². The number of ether oxygens (including phenoxy) is 2. The SMILES string of the molecule is COC(=O)C(C)(C)COc1ccc(Cl)cc1C(C)CC(=O)NC(c1cc(F)ccc1C)c1ccc(Cl)cc1NC=O. The number of hydrogen-bond acceptors (Lipinski definition) is 5. The van der Waals surface area contributed by atoms with E-state index in [9.17, 15) is 18.8 Å². The molecule has 2 amide bonds. The highest BCUT2D eigenvalue weighted by Gasteiger charge is 2.31. The molecular formula is C31H33Cl2FN2O5. The fourth-order valence-corrected chi connectivity index (χ4v) is 4.80. The quantitative estimate of drug-likeness (QED) is 0.172. The molecule has 7 nitrogen and oxygen atoms in total. The van der Waals surface area contributed by atoms with Gasteiger partial charge in [-0.2, -0.15) is 0 Å². The molecule has 0 saturated carbocycles. The normalized spacial score (nSPS) is 12.7. The number of hydrogen-bond donors (Lipinski definition) is 2. The third-order valence-corrected chi connectivity index (χ3v) is 7.19. The highest BCUT2D eigenvalue weighted by Crippen LogP contribution is 2.35. The van der Waals surface area contributed by atoms with Crippen LogP contribution in [0.25, 0.3) is 0 Å². The van der Waals surface area contributed by atoms with E-state index in [4.69, 9.17) is 32.7 Å². The van der Waals surface area contributed by atoms with Crippen LogP contribution in [0.4, 0.5) is 10.1 Å². The molecule has 0 aliphatic rings. The number of rotatable bonds is 12. The maximum Gasteiger partial charge on any atom is 0.314 e. The van der Waals surface area contributed by atoms with Gasteiger partial charge in [0.25, 0.3) is 0 Å². The van der Waals surface area contributed by atoms with Crippen LogP contribution >= 0.6 is 23.2 Å². The Morgan fingerprint density at radius 3 is 2.37 bits per heavy atom. The van der Waals surface area contributed by atoms with E-state index in [0.717, 1.165) is 5.56 Å². The van der Waals surface area contributed by atoms with E-state index in [1.165, 1.54) is 19.2 Å². The first kappa shape index (κ1) is 31.9. The lowest BCUT2D eigenvalue weighted by Crippen LogP contribution is -2.32. The first-order chi connectivity index (χ1) is 19.4. The minimum absolute atomic E-state index is 0.0337. The van der Waals surface area contributed by atoms with Gasteiger partial charge in [-0.05, 0) is 85.8 Å². The monoisotopic (exact) mass is 602 g/mol. The molecule has 3 aromatic carbocycles. The van der Waals surface area contributed by atoms with Crippen LogP contribution in [0.3, 0.4) is 0 Å². The van der Waals surface area contributed by atoms with Gasteiger partial charge in [0, 0.05) is 27.7 Å². The molecule has 0 fully saturated rings. The number of anilines is 1. The summed E-state index contributed by atoms with van der Waals surface area (Å²) in [5.41, 5.74) is 1.98. The summed E-state index contributed by atoms with van der Waals surface area (Å²) < 4.78 is 25.2. The fraction of sp³-hybridized carbons (Fsp3) is 0.323. The van der Waals surface area contributed by atoms with E-state index in [1.54, 1.807) is 56.3 Å². The maximum atomic E-state index is 14.4. The van der Waals surface area contributed by atoms with Gasteiger partial charge in [0.1, 0.15) is 18.2 Å². The molecule has 0 aliphatic carbocycles. The first-order valence-electron chi connectivity index (χ1n) is 12.9. The lowest BCUT2D eigenvalue weighted by molar-refractivity contribution is -0.152. The number of carbonyl (C=O) groups is 3. The summed E-state index contributed by atoms with van der Waals surface area (Å²) in [6.07, 6.45) is 0.544. The Morgan fingerprint density at radius 1 is 1.00 bits per heavy atom. The maximum absolute atomic E-state index is 14.4. The van der Waals surface area contributed by atoms with Crippen LogP contribution in [0, 0.1) is 18.2 Å². The van der Waals surface area contributed by atoms with Crippen molar-refractivity contribution in [3.63, 3.8) is 0 Å². The summed E-state index contributed by atoms with van der Waals surface area (Å²) in [7, 11) is 1.32. The Kier molecular flexibility index (Phi) is 10.8. The number of esters is 1. The number of benzene rings is 3. The van der Waals surface area contributed by atoms with Crippen LogP contribution in [0.5, 0.6) is 5.75 Å². The lowest BCUT2D eigenvalue weighted by Gasteiger charge is -2.26. The van der Waals surface area contributed by atoms with E-state index in [-0.39, 0.29) is 24.9 Å². The molecule has 218 valence electrons. The molecule has 2 unspecified atom stereocenters. The molecule has 0 aliphatic heterocycles. The molecule has 10 heteroatoms. The summed E-state index contributed by atoms with van der Waals surface area (Å²) in [5, 5.41) is 6.48. The van der Waals surface area contributed by atoms with Crippen LogP contribution in [0.1, 0.15) is 61.4 Å². The lowest BCUT2D eigenvalue weighted by atomic mass is 9.92. The van der Waals surface area contributed by atoms with Gasteiger partial charge in [0.15, 0.2) is 0 Å². The Balaban J connectivity index is 1.91. The topological polar surface area (TPSA) is 93.7 Å². The summed E-state index contributed by atoms with van der Waals surface area (Å²) in [6.45, 7) is 7.14. The molecular weight excluding hydrogens is 570 g/mol. The molecule has 2 N–H and O–H groups in total. The Morgan fingerprint density at radius 2 is 1.68 bits per heavy atom. The van der Waals surface area contributed by atoms with Crippen LogP contribution in [0.15, 0.2) is 54.6 Å². The van der Waals surface area contributed by atoms with Crippen LogP contribution in [0.2, 0.25) is 10.0 Å². The second kappa shape index (κ2) is 13.8. The number of methoxy groups -OCH3 is 1. The van der Waals surface area contributed by atoms with E-state index in [0.29, 0.717) is 44.6 Å². The summed E-state index contributed by atoms with van der Waals surface area (Å²) >= 11 is 12.4. The van der Waals surface area contributed by atoms with Crippen LogP contribution in [-0.4, -0.2) is 32.0 Å². The van der Waals surface area contributed by atoms with Gasteiger partial charge in [0.2, 0.25) is 12.3 Å². The largest absolute Gasteiger partial charge is 0.492 e. The molecule has 0 spiro atoms. The molecule has 0 aromatic heterocycles. The highest BCUT2D eigenvalue weighted by molar-refractivity contribution is 6.31. The van der Waals surface area contributed by atoms with Crippen molar-refractivity contribution in [1.29, 1.82) is 0 Å². The van der Waals surface area contributed by atoms with Crippen molar-refractivity contribution in [3.05, 3.63) is 92.7 Å². The van der Waals surface area contributed by atoms with E-state index >= 15 is 0 Å². The van der Waals surface area contributed by atoms with Crippen molar-refractivity contribution in [3.8, 4) is 5.75 Å². The highest BCUT2D eigenvalue weighted by atomic mass is 35.5. The first-order valence-corrected chi connectivity index (χ1v) is 13.7. The minimum atomic E-state index is -0.895. The third-order valence-electron chi connectivity index (χ3n) is 6.72. The van der Waals surface area contributed by atoms with Crippen molar-refractivity contribution in [2.75, 3.05) is 19.0 Å². The van der Waals surface area contributed by atoms with Gasteiger partial charge in [-0.15, -0.1) is 0 Å². The zero-order valence-electron chi connectivity index (χ0n) is 23.5. The van der Waals surface area contributed by atoms with Gasteiger partial charge in [0.05, 0.1) is 18.6 Å². The molecule has 3 aromatic rings. The third kappa shape index (κ3) is 8.21. The Hall–Kier alpha value is -3.62. The van der Waals surface area contributed by atoms with Gasteiger partial charge in [-0.25, -0.2) is 4.39 Å². The van der Waals surface area contributed by atoms with Crippen LogP contribution in [-0.2, 0) is 19.1 Å². The second-order valence-corrected chi connectivity index (χ2v) is 11.3. The fourth-order valence-electron chi connectivity index (χ4n) is 4.45. The van der Waals surface area contributed by atoms with E-state index in [1.807, 2.05) is 13.8 Å². The van der Waals surface area contributed by atoms with Crippen molar-refractivity contribution >= 4 is 47.2 Å². The predicted molar refractivity (Wildman–Crippen MR) is 158 cm³/mol. The average molecular weight is 604 g/mol. The predicted octanol–water partition coefficient (Wildman–Crippen LogP) is 6.99. The number of amides is 2. The number of nitrogens with one attached hydrogen (secondary N) is 2. The van der Waals surface area contributed by atoms with E-state index < -0.39 is 23.2 Å². The van der Waals surface area contributed by atoms with Crippen molar-refractivity contribution in [1.82, 2.24) is 5.32 Å². The van der Waals surface area contributed by atoms with Gasteiger partial charge in [-0.1, -0.05) is 42.3 Å². The number of halogens is 3. The van der Waals surface area contributed by atoms with Gasteiger partial charge in [-0.3, -0.25) is 14.4 Å². The molecule has 41 heavy (non-hydrogen) atoms. The Bertz CT molecular complexity index is 1430. The summed E-state index contributed by atoms with van der Waals surface area (Å²) in [6, 6.07) is 13.5. The number of aryl methyl sites for hydroxylation is 1. The zero-order valence-corrected chi connectivity index (χ0v) is 25.0. The second-order valence-electron chi connectivity index (χ2n) is 10.4. The zero-order chi connectivity index (χ0) is 30.3. The summed E-state index contributed by atoms with van der Waals surface area (Å²) in [4.78, 5) is 36.9. The van der Waals surface area contributed by atoms with Crippen LogP contribution < -0.4 is 15.4 Å². The minimum Gasteiger partial charge on any atom is -0.492 e. The standard InChI is InChI=1S/C31H33Cl2FN2O5/c1-18-6-9-22(34)15-25(18)29(23-10-7-21(33)14-26(23)35-17-37)36-28(38)12-19(2)24-13-20(32)8-11-27(24)41-16-31(3,4)30(39)40-5/h6-11,13-15,17,19,29H,12,16H2,1-5H3,(H,35,37)(H,36,38). The molecule has 0 heterocycles. The molecule has 0 saturated heterocycles. The van der Waals surface area contributed by atoms with Crippen molar-refractivity contribution in [2.45, 2.75) is 46.1 Å². The van der Waals surface area contributed by atoms with E-state index in [2.05, 4.69) is 10.6 Å². The molecule has 0 radical (unpaired) electrons. The summed E-state index contributed by atoms with van der Waals surface area (Å²) in [5.74, 6) is -1.08. The van der Waals surface area contributed by atoms with Crippen molar-refractivity contribution < 1.29 is 28.2 Å². The number of carbonyl (C=O) groups excluding carboxylic acids is 3. The smallest absolute Gasteiger partial charge is 0.314 e. The molecule has 2 atom stereocenters. The molecule has 3 rings (SSSR count).